The third-order valence-corrected chi connectivity index (χ3v) is 4.85. The van der Waals surface area contributed by atoms with Crippen molar-refractivity contribution in [3.8, 4) is 0 Å². The van der Waals surface area contributed by atoms with Crippen LogP contribution in [-0.4, -0.2) is 35.7 Å². The smallest absolute Gasteiger partial charge is 0.0631 e. The van der Waals surface area contributed by atoms with Crippen LogP contribution in [0.15, 0.2) is 0 Å². The van der Waals surface area contributed by atoms with Crippen molar-refractivity contribution in [2.45, 2.75) is 66.4 Å². The lowest BCUT2D eigenvalue weighted by Gasteiger charge is -2.42. The summed E-state index contributed by atoms with van der Waals surface area (Å²) < 4.78 is 0. The maximum atomic E-state index is 10.5. The molecular weight excluding hydrogens is 222 g/mol. The summed E-state index contributed by atoms with van der Waals surface area (Å²) in [5, 5.41) is 10.5. The molecule has 0 bridgehead atoms. The molecular formula is C16H33NO. The molecule has 1 aliphatic rings. The van der Waals surface area contributed by atoms with E-state index < -0.39 is 0 Å². The number of hydrogen-bond donors (Lipinski definition) is 1. The molecule has 0 aromatic carbocycles. The highest BCUT2D eigenvalue weighted by Crippen LogP contribution is 2.39. The molecule has 1 rings (SSSR count). The molecule has 0 aromatic rings. The van der Waals surface area contributed by atoms with E-state index in [1.807, 2.05) is 0 Å². The van der Waals surface area contributed by atoms with Gasteiger partial charge in [0.05, 0.1) is 6.10 Å². The Labute approximate surface area is 114 Å². The summed E-state index contributed by atoms with van der Waals surface area (Å²) in [5.41, 5.74) is 0.110. The first-order valence-electron chi connectivity index (χ1n) is 7.81. The summed E-state index contributed by atoms with van der Waals surface area (Å²) in [6.45, 7) is 14.6. The fourth-order valence-corrected chi connectivity index (χ4v) is 3.19. The SMILES string of the molecule is CCC(C)CN(CC)CC1CCCC(C)(C)C1O. The van der Waals surface area contributed by atoms with Crippen LogP contribution in [0.5, 0.6) is 0 Å². The van der Waals surface area contributed by atoms with Gasteiger partial charge < -0.3 is 10.0 Å². The zero-order chi connectivity index (χ0) is 13.8. The van der Waals surface area contributed by atoms with Gasteiger partial charge >= 0.3 is 0 Å². The van der Waals surface area contributed by atoms with Crippen LogP contribution in [-0.2, 0) is 0 Å². The van der Waals surface area contributed by atoms with E-state index in [9.17, 15) is 5.11 Å². The second kappa shape index (κ2) is 6.91. The van der Waals surface area contributed by atoms with Crippen molar-refractivity contribution in [2.75, 3.05) is 19.6 Å². The van der Waals surface area contributed by atoms with Gasteiger partial charge in [0.2, 0.25) is 0 Å². The molecule has 0 heterocycles. The van der Waals surface area contributed by atoms with Crippen LogP contribution in [0.2, 0.25) is 0 Å². The zero-order valence-corrected chi connectivity index (χ0v) is 13.1. The quantitative estimate of drug-likeness (QED) is 0.784. The van der Waals surface area contributed by atoms with E-state index in [2.05, 4.69) is 39.5 Å². The molecule has 2 nitrogen and oxygen atoms in total. The standard InChI is InChI=1S/C16H33NO/c1-6-13(3)11-17(7-2)12-14-9-8-10-16(4,5)15(14)18/h13-15,18H,6-12H2,1-5H3. The maximum absolute atomic E-state index is 10.5. The summed E-state index contributed by atoms with van der Waals surface area (Å²) in [5.74, 6) is 1.23. The van der Waals surface area contributed by atoms with E-state index in [4.69, 9.17) is 0 Å². The molecule has 3 atom stereocenters. The van der Waals surface area contributed by atoms with Gasteiger partial charge in [-0.15, -0.1) is 0 Å². The van der Waals surface area contributed by atoms with Gasteiger partial charge in [-0.25, -0.2) is 0 Å². The maximum Gasteiger partial charge on any atom is 0.0631 e. The fraction of sp³-hybridized carbons (Fsp3) is 1.00. The highest BCUT2D eigenvalue weighted by Gasteiger charge is 2.38. The molecule has 1 fully saturated rings. The van der Waals surface area contributed by atoms with Crippen LogP contribution < -0.4 is 0 Å². The average molecular weight is 255 g/mol. The summed E-state index contributed by atoms with van der Waals surface area (Å²) in [6, 6.07) is 0. The van der Waals surface area contributed by atoms with Gasteiger partial charge in [0.1, 0.15) is 0 Å². The molecule has 3 unspecified atom stereocenters. The molecule has 0 aromatic heterocycles. The van der Waals surface area contributed by atoms with E-state index in [0.717, 1.165) is 19.0 Å². The number of nitrogens with zero attached hydrogens (tertiary/aromatic N) is 1. The second-order valence-electron chi connectivity index (χ2n) is 6.95. The summed E-state index contributed by atoms with van der Waals surface area (Å²) in [4.78, 5) is 2.53. The van der Waals surface area contributed by atoms with Gasteiger partial charge in [0.15, 0.2) is 0 Å². The summed E-state index contributed by atoms with van der Waals surface area (Å²) >= 11 is 0. The van der Waals surface area contributed by atoms with Crippen LogP contribution in [0.25, 0.3) is 0 Å². The second-order valence-corrected chi connectivity index (χ2v) is 6.95. The highest BCUT2D eigenvalue weighted by atomic mass is 16.3. The first-order chi connectivity index (χ1) is 8.40. The van der Waals surface area contributed by atoms with Crippen molar-refractivity contribution < 1.29 is 5.11 Å². The van der Waals surface area contributed by atoms with Crippen molar-refractivity contribution in [2.24, 2.45) is 17.3 Å². The third-order valence-electron chi connectivity index (χ3n) is 4.85. The lowest BCUT2D eigenvalue weighted by atomic mass is 9.69. The normalized spacial score (nSPS) is 29.5. The van der Waals surface area contributed by atoms with Gasteiger partial charge in [-0.2, -0.15) is 0 Å². The van der Waals surface area contributed by atoms with Gasteiger partial charge in [0.25, 0.3) is 0 Å². The molecule has 0 aliphatic heterocycles. The first-order valence-corrected chi connectivity index (χ1v) is 7.81. The van der Waals surface area contributed by atoms with Gasteiger partial charge in [-0.05, 0) is 36.6 Å². The molecule has 2 heteroatoms. The molecule has 1 N–H and O–H groups in total. The Bertz CT molecular complexity index is 239. The Kier molecular flexibility index (Phi) is 6.13. The highest BCUT2D eigenvalue weighted by molar-refractivity contribution is 4.89. The van der Waals surface area contributed by atoms with Crippen LogP contribution in [0.1, 0.15) is 60.3 Å². The van der Waals surface area contributed by atoms with E-state index in [1.54, 1.807) is 0 Å². The lowest BCUT2D eigenvalue weighted by molar-refractivity contribution is -0.0435. The largest absolute Gasteiger partial charge is 0.392 e. The third kappa shape index (κ3) is 4.24. The zero-order valence-electron chi connectivity index (χ0n) is 13.1. The van der Waals surface area contributed by atoms with Crippen LogP contribution in [0.3, 0.4) is 0 Å². The molecule has 1 saturated carbocycles. The van der Waals surface area contributed by atoms with Crippen molar-refractivity contribution in [1.29, 1.82) is 0 Å². The average Bonchev–Trinajstić information content (AvgIpc) is 2.33. The van der Waals surface area contributed by atoms with Gasteiger partial charge in [-0.1, -0.05) is 47.5 Å². The molecule has 18 heavy (non-hydrogen) atoms. The Balaban J connectivity index is 2.53. The predicted molar refractivity (Wildman–Crippen MR) is 78.7 cm³/mol. The van der Waals surface area contributed by atoms with Crippen molar-refractivity contribution in [1.82, 2.24) is 4.90 Å². The molecule has 0 radical (unpaired) electrons. The van der Waals surface area contributed by atoms with E-state index in [-0.39, 0.29) is 11.5 Å². The number of hydrogen-bond acceptors (Lipinski definition) is 2. The van der Waals surface area contributed by atoms with Crippen molar-refractivity contribution in [3.05, 3.63) is 0 Å². The van der Waals surface area contributed by atoms with Gasteiger partial charge in [-0.3, -0.25) is 0 Å². The molecule has 1 aliphatic carbocycles. The molecule has 108 valence electrons. The Morgan fingerprint density at radius 2 is 2.00 bits per heavy atom. The first kappa shape index (κ1) is 16.0. The minimum absolute atomic E-state index is 0.110. The van der Waals surface area contributed by atoms with Crippen LogP contribution in [0, 0.1) is 17.3 Å². The summed E-state index contributed by atoms with van der Waals surface area (Å²) in [7, 11) is 0. The summed E-state index contributed by atoms with van der Waals surface area (Å²) in [6.07, 6.45) is 4.76. The van der Waals surface area contributed by atoms with E-state index in [0.29, 0.717) is 5.92 Å². The minimum Gasteiger partial charge on any atom is -0.392 e. The van der Waals surface area contributed by atoms with E-state index in [1.165, 1.54) is 32.2 Å². The number of aliphatic hydroxyl groups is 1. The van der Waals surface area contributed by atoms with Crippen molar-refractivity contribution in [3.63, 3.8) is 0 Å². The molecule has 0 spiro atoms. The fourth-order valence-electron chi connectivity index (χ4n) is 3.19. The number of rotatable bonds is 6. The van der Waals surface area contributed by atoms with Crippen LogP contribution >= 0.6 is 0 Å². The topological polar surface area (TPSA) is 23.5 Å². The molecule has 0 amide bonds. The van der Waals surface area contributed by atoms with Crippen LogP contribution in [0.4, 0.5) is 0 Å². The number of aliphatic hydroxyl groups excluding tert-OH is 1. The lowest BCUT2D eigenvalue weighted by Crippen LogP contribution is -2.45. The monoisotopic (exact) mass is 255 g/mol. The Morgan fingerprint density at radius 1 is 1.33 bits per heavy atom. The Hall–Kier alpha value is -0.0800. The van der Waals surface area contributed by atoms with E-state index >= 15 is 0 Å². The van der Waals surface area contributed by atoms with Gasteiger partial charge in [0, 0.05) is 13.1 Å². The Morgan fingerprint density at radius 3 is 2.56 bits per heavy atom. The molecule has 0 saturated heterocycles. The minimum atomic E-state index is -0.128. The predicted octanol–water partition coefficient (Wildman–Crippen LogP) is 3.54. The van der Waals surface area contributed by atoms with Crippen molar-refractivity contribution >= 4 is 0 Å².